The molecule has 208 valence electrons. The van der Waals surface area contributed by atoms with E-state index in [4.69, 9.17) is 20.8 Å². The van der Waals surface area contributed by atoms with Crippen LogP contribution in [0.25, 0.3) is 10.9 Å². The van der Waals surface area contributed by atoms with Crippen LogP contribution >= 0.6 is 11.6 Å². The molecule has 6 rings (SSSR count). The molecule has 3 aliphatic heterocycles. The number of carbonyl (C=O) groups is 2. The van der Waals surface area contributed by atoms with Crippen molar-refractivity contribution in [1.29, 1.82) is 0 Å². The molecule has 11 nitrogen and oxygen atoms in total. The fourth-order valence-corrected chi connectivity index (χ4v) is 8.04. The van der Waals surface area contributed by atoms with Crippen LogP contribution in [0.5, 0.6) is 0 Å². The molecular formula is C26H30ClN5O6S. The van der Waals surface area contributed by atoms with Gasteiger partial charge in [-0.2, -0.15) is 4.31 Å². The van der Waals surface area contributed by atoms with Crippen molar-refractivity contribution in [3.05, 3.63) is 53.4 Å². The molecule has 1 aromatic carbocycles. The van der Waals surface area contributed by atoms with Crippen LogP contribution < -0.4 is 0 Å². The van der Waals surface area contributed by atoms with Crippen LogP contribution in [-0.2, 0) is 19.6 Å². The molecule has 39 heavy (non-hydrogen) atoms. The Balaban J connectivity index is 1.28. The Hall–Kier alpha value is -2.90. The normalized spacial score (nSPS) is 24.1. The second kappa shape index (κ2) is 9.34. The molecule has 0 aliphatic carbocycles. The third-order valence-electron chi connectivity index (χ3n) is 8.60. The van der Waals surface area contributed by atoms with Crippen molar-refractivity contribution < 1.29 is 27.2 Å². The first-order valence-corrected chi connectivity index (χ1v) is 14.6. The lowest BCUT2D eigenvalue weighted by atomic mass is 9.86. The van der Waals surface area contributed by atoms with E-state index in [9.17, 15) is 18.0 Å². The van der Waals surface area contributed by atoms with Gasteiger partial charge in [-0.15, -0.1) is 0 Å². The van der Waals surface area contributed by atoms with Gasteiger partial charge in [0.1, 0.15) is 10.7 Å². The highest BCUT2D eigenvalue weighted by Gasteiger charge is 2.63. The lowest BCUT2D eigenvalue weighted by Crippen LogP contribution is -2.70. The second-order valence-corrected chi connectivity index (χ2v) is 12.9. The van der Waals surface area contributed by atoms with Gasteiger partial charge in [-0.05, 0) is 56.3 Å². The number of hydrogen-bond donors (Lipinski definition) is 1. The van der Waals surface area contributed by atoms with Crippen LogP contribution in [-0.4, -0.2) is 109 Å². The smallest absolute Gasteiger partial charge is 0.289 e. The maximum atomic E-state index is 13.8. The average Bonchev–Trinajstić information content (AvgIpc) is 3.64. The summed E-state index contributed by atoms with van der Waals surface area (Å²) in [6.07, 6.45) is 2.73. The summed E-state index contributed by atoms with van der Waals surface area (Å²) in [5, 5.41) is 1.18. The lowest BCUT2D eigenvalue weighted by molar-refractivity contribution is -0.152. The topological polar surface area (TPSA) is 119 Å². The molecule has 3 aliphatic rings. The number of furan rings is 1. The van der Waals surface area contributed by atoms with Crippen LogP contribution in [0.1, 0.15) is 23.4 Å². The molecule has 1 spiro atoms. The zero-order valence-electron chi connectivity index (χ0n) is 21.7. The maximum Gasteiger partial charge on any atom is 0.289 e. The van der Waals surface area contributed by atoms with Gasteiger partial charge in [-0.1, -0.05) is 11.6 Å². The number of nitrogens with one attached hydrogen (secondary N) is 1. The van der Waals surface area contributed by atoms with Crippen LogP contribution in [0.3, 0.4) is 0 Å². The molecule has 0 radical (unpaired) electrons. The quantitative estimate of drug-likeness (QED) is 0.495. The van der Waals surface area contributed by atoms with Crippen LogP contribution in [0.4, 0.5) is 0 Å². The number of ether oxygens (including phenoxy) is 1. The first kappa shape index (κ1) is 26.3. The van der Waals surface area contributed by atoms with Crippen molar-refractivity contribution in [2.75, 3.05) is 53.5 Å². The Morgan fingerprint density at radius 2 is 1.95 bits per heavy atom. The Morgan fingerprint density at radius 1 is 1.18 bits per heavy atom. The monoisotopic (exact) mass is 575 g/mol. The number of likely N-dealkylation sites (N-methyl/N-ethyl adjacent to an activating group) is 1. The highest BCUT2D eigenvalue weighted by Crippen LogP contribution is 2.45. The zero-order chi connectivity index (χ0) is 27.6. The predicted octanol–water partition coefficient (Wildman–Crippen LogP) is 2.21. The van der Waals surface area contributed by atoms with Gasteiger partial charge in [0.25, 0.3) is 15.9 Å². The van der Waals surface area contributed by atoms with E-state index in [0.717, 1.165) is 0 Å². The van der Waals surface area contributed by atoms with Crippen molar-refractivity contribution in [3.63, 3.8) is 0 Å². The second-order valence-electron chi connectivity index (χ2n) is 10.6. The summed E-state index contributed by atoms with van der Waals surface area (Å²) in [5.74, 6) is -0.138. The molecule has 0 bridgehead atoms. The number of aromatic nitrogens is 1. The van der Waals surface area contributed by atoms with Crippen LogP contribution in [0.2, 0.25) is 5.02 Å². The minimum Gasteiger partial charge on any atom is -0.459 e. The lowest BCUT2D eigenvalue weighted by Gasteiger charge is -2.50. The number of benzene rings is 1. The van der Waals surface area contributed by atoms with E-state index in [1.807, 2.05) is 7.05 Å². The molecule has 5 heterocycles. The van der Waals surface area contributed by atoms with Gasteiger partial charge in [0.2, 0.25) is 5.91 Å². The average molecular weight is 576 g/mol. The Labute approximate surface area is 231 Å². The SMILES string of the molecule is COCC12CN(S(=O)(=O)c3cc4cc(Cl)ccc4[nH]3)CC(=O)N1CC1(CCN(C(=O)c3ccco3)CC1)N2C. The van der Waals surface area contributed by atoms with Gasteiger partial charge >= 0.3 is 0 Å². The molecule has 0 saturated carbocycles. The van der Waals surface area contributed by atoms with Crippen molar-refractivity contribution in [2.24, 2.45) is 0 Å². The van der Waals surface area contributed by atoms with Gasteiger partial charge < -0.3 is 23.9 Å². The van der Waals surface area contributed by atoms with Gasteiger partial charge in [0.05, 0.1) is 26.0 Å². The van der Waals surface area contributed by atoms with Crippen molar-refractivity contribution in [3.8, 4) is 0 Å². The summed E-state index contributed by atoms with van der Waals surface area (Å²) in [6.45, 7) is 1.35. The molecule has 1 unspecified atom stereocenters. The summed E-state index contributed by atoms with van der Waals surface area (Å²) in [5.41, 5.74) is -0.770. The zero-order valence-corrected chi connectivity index (χ0v) is 23.3. The summed E-state index contributed by atoms with van der Waals surface area (Å²) in [4.78, 5) is 35.1. The number of rotatable bonds is 5. The number of hydrogen-bond acceptors (Lipinski definition) is 7. The van der Waals surface area contributed by atoms with E-state index in [-0.39, 0.29) is 36.5 Å². The van der Waals surface area contributed by atoms with E-state index in [2.05, 4.69) is 9.88 Å². The van der Waals surface area contributed by atoms with Gasteiger partial charge in [0.15, 0.2) is 5.76 Å². The fraction of sp³-hybridized carbons (Fsp3) is 0.462. The predicted molar refractivity (Wildman–Crippen MR) is 143 cm³/mol. The Kier molecular flexibility index (Phi) is 6.31. The van der Waals surface area contributed by atoms with Crippen LogP contribution in [0, 0.1) is 0 Å². The van der Waals surface area contributed by atoms with Gasteiger partial charge in [-0.25, -0.2) is 8.42 Å². The number of sulfonamides is 1. The molecule has 1 N–H and O–H groups in total. The molecule has 2 amide bonds. The largest absolute Gasteiger partial charge is 0.459 e. The van der Waals surface area contributed by atoms with Gasteiger partial charge in [0, 0.05) is 48.2 Å². The number of fused-ring (bicyclic) bond motifs is 2. The van der Waals surface area contributed by atoms with E-state index in [1.165, 1.54) is 10.6 Å². The summed E-state index contributed by atoms with van der Waals surface area (Å²) in [7, 11) is -0.555. The van der Waals surface area contributed by atoms with E-state index in [0.29, 0.717) is 54.2 Å². The minimum absolute atomic E-state index is 0.00805. The number of amides is 2. The number of piperazine rings is 1. The Morgan fingerprint density at radius 3 is 2.64 bits per heavy atom. The minimum atomic E-state index is -4.03. The number of aromatic amines is 1. The van der Waals surface area contributed by atoms with E-state index in [1.54, 1.807) is 53.3 Å². The highest BCUT2D eigenvalue weighted by molar-refractivity contribution is 7.89. The first-order chi connectivity index (χ1) is 18.6. The number of likely N-dealkylation sites (tertiary alicyclic amines) is 1. The summed E-state index contributed by atoms with van der Waals surface area (Å²) < 4.78 is 39.8. The molecular weight excluding hydrogens is 546 g/mol. The third kappa shape index (κ3) is 4.08. The number of piperidine rings is 1. The van der Waals surface area contributed by atoms with Crippen LogP contribution in [0.15, 0.2) is 52.1 Å². The number of nitrogens with zero attached hydrogens (tertiary/aromatic N) is 4. The van der Waals surface area contributed by atoms with Gasteiger partial charge in [-0.3, -0.25) is 14.5 Å². The highest BCUT2D eigenvalue weighted by atomic mass is 35.5. The molecule has 1 atom stereocenters. The number of halogens is 1. The molecule has 3 fully saturated rings. The number of H-pyrrole nitrogens is 1. The van der Waals surface area contributed by atoms with E-state index >= 15 is 0 Å². The number of carbonyl (C=O) groups excluding carboxylic acids is 2. The van der Waals surface area contributed by atoms with Crippen molar-refractivity contribution in [1.82, 2.24) is 24.0 Å². The fourth-order valence-electron chi connectivity index (χ4n) is 6.41. The molecule has 2 aromatic heterocycles. The third-order valence-corrected chi connectivity index (χ3v) is 10.5. The first-order valence-electron chi connectivity index (χ1n) is 12.7. The summed E-state index contributed by atoms with van der Waals surface area (Å²) >= 11 is 6.09. The molecule has 13 heteroatoms. The Bertz CT molecular complexity index is 1530. The maximum absolute atomic E-state index is 13.8. The standard InChI is InChI=1S/C26H30ClN5O6S/c1-29-25(7-9-30(10-8-25)24(34)21-4-3-11-38-21)15-32-23(33)14-31(16-26(29,32)17-37-2)39(35,36)22-13-18-12-19(27)5-6-20(18)28-22/h3-6,11-13,28H,7-10,14-17H2,1-2H3. The molecule has 3 aromatic rings. The van der Waals surface area contributed by atoms with Crippen molar-refractivity contribution >= 4 is 44.3 Å². The summed E-state index contributed by atoms with van der Waals surface area (Å²) in [6, 6.07) is 9.99. The molecule has 3 saturated heterocycles. The van der Waals surface area contributed by atoms with E-state index < -0.39 is 21.2 Å². The number of methoxy groups -OCH3 is 1. The van der Waals surface area contributed by atoms with Crippen molar-refractivity contribution in [2.45, 2.75) is 29.1 Å².